The number of carbonyl (C=O) groups is 1. The molecule has 0 saturated carbocycles. The quantitative estimate of drug-likeness (QED) is 0.215. The number of likely N-dealkylation sites (tertiary alicyclic amines) is 1. The van der Waals surface area contributed by atoms with Crippen molar-refractivity contribution in [1.29, 1.82) is 0 Å². The number of hydrogen-bond donors (Lipinski definition) is 3. The lowest BCUT2D eigenvalue weighted by atomic mass is 10.00. The number of anilines is 3. The van der Waals surface area contributed by atoms with E-state index in [-0.39, 0.29) is 10.8 Å². The Balaban J connectivity index is 1.35. The Bertz CT molecular complexity index is 1680. The molecule has 1 fully saturated rings. The largest absolute Gasteiger partial charge is 0.354 e. The van der Waals surface area contributed by atoms with E-state index < -0.39 is 10.0 Å². The average molecular weight is 565 g/mol. The van der Waals surface area contributed by atoms with Gasteiger partial charge in [0.05, 0.1) is 16.2 Å². The van der Waals surface area contributed by atoms with Crippen molar-refractivity contribution < 1.29 is 13.2 Å². The third-order valence-electron chi connectivity index (χ3n) is 7.46. The highest BCUT2D eigenvalue weighted by Crippen LogP contribution is 2.39. The number of para-hydroxylation sites is 1. The van der Waals surface area contributed by atoms with E-state index in [4.69, 9.17) is 0 Å². The maximum absolute atomic E-state index is 13.4. The second-order valence-electron chi connectivity index (χ2n) is 10.4. The first-order valence-corrected chi connectivity index (χ1v) is 15.4. The maximum atomic E-state index is 13.4. The van der Waals surface area contributed by atoms with Gasteiger partial charge in [0.1, 0.15) is 0 Å². The zero-order valence-corrected chi connectivity index (χ0v) is 23.5. The Labute approximate surface area is 241 Å². The van der Waals surface area contributed by atoms with Gasteiger partial charge in [0, 0.05) is 29.2 Å². The van der Waals surface area contributed by atoms with Crippen molar-refractivity contribution >= 4 is 44.3 Å². The van der Waals surface area contributed by atoms with Crippen LogP contribution in [0.15, 0.2) is 108 Å². The lowest BCUT2D eigenvalue weighted by molar-refractivity contribution is -0.110. The molecule has 0 aliphatic carbocycles. The number of hydrogen-bond acceptors (Lipinski definition) is 5. The highest BCUT2D eigenvalue weighted by molar-refractivity contribution is 7.92. The van der Waals surface area contributed by atoms with Gasteiger partial charge in [-0.15, -0.1) is 0 Å². The molecular weight excluding hydrogens is 532 g/mol. The Hall–Kier alpha value is -4.40. The highest BCUT2D eigenvalue weighted by Gasteiger charge is 2.30. The van der Waals surface area contributed by atoms with Crippen LogP contribution in [0.2, 0.25) is 0 Å². The third-order valence-corrected chi connectivity index (χ3v) is 8.84. The number of sulfonamides is 1. The predicted molar refractivity (Wildman–Crippen MR) is 165 cm³/mol. The van der Waals surface area contributed by atoms with Crippen LogP contribution in [0.1, 0.15) is 36.0 Å². The molecule has 0 bridgehead atoms. The van der Waals surface area contributed by atoms with Crippen LogP contribution in [0.5, 0.6) is 0 Å². The normalized spacial score (nSPS) is 16.5. The number of nitrogens with zero attached hydrogens (tertiary/aromatic N) is 1. The Morgan fingerprint density at radius 2 is 1.46 bits per heavy atom. The Morgan fingerprint density at radius 3 is 2.17 bits per heavy atom. The average Bonchev–Trinajstić information content (AvgIpc) is 3.33. The molecule has 0 atom stereocenters. The lowest BCUT2D eigenvalue weighted by Gasteiger charge is -2.26. The Kier molecular flexibility index (Phi) is 7.59. The first-order valence-electron chi connectivity index (χ1n) is 13.9. The summed E-state index contributed by atoms with van der Waals surface area (Å²) in [6.45, 7) is 3.20. The van der Waals surface area contributed by atoms with Gasteiger partial charge in [0.25, 0.3) is 15.9 Å². The van der Waals surface area contributed by atoms with Gasteiger partial charge in [-0.25, -0.2) is 8.42 Å². The van der Waals surface area contributed by atoms with Crippen molar-refractivity contribution in [2.45, 2.75) is 30.7 Å². The number of rotatable bonds is 8. The summed E-state index contributed by atoms with van der Waals surface area (Å²) < 4.78 is 29.1. The molecule has 2 heterocycles. The zero-order chi connectivity index (χ0) is 28.2. The van der Waals surface area contributed by atoms with Crippen LogP contribution in [0.3, 0.4) is 0 Å². The van der Waals surface area contributed by atoms with E-state index in [0.717, 1.165) is 30.9 Å². The molecule has 6 rings (SSSR count). The number of benzene rings is 4. The van der Waals surface area contributed by atoms with Crippen LogP contribution in [0.25, 0.3) is 11.3 Å². The molecule has 0 unspecified atom stereocenters. The summed E-state index contributed by atoms with van der Waals surface area (Å²) in [6.07, 6.45) is 3.81. The second kappa shape index (κ2) is 11.6. The van der Waals surface area contributed by atoms with E-state index in [1.807, 2.05) is 48.5 Å². The minimum atomic E-state index is -3.88. The molecule has 4 aromatic rings. The molecule has 1 saturated heterocycles. The molecule has 4 aromatic carbocycles. The van der Waals surface area contributed by atoms with Gasteiger partial charge in [-0.2, -0.15) is 0 Å². The third kappa shape index (κ3) is 6.04. The fourth-order valence-electron chi connectivity index (χ4n) is 5.38. The molecule has 0 radical (unpaired) electrons. The number of amides is 1. The number of carbonyl (C=O) groups excluding carboxylic acids is 1. The maximum Gasteiger partial charge on any atom is 0.261 e. The van der Waals surface area contributed by atoms with E-state index in [2.05, 4.69) is 32.4 Å². The second-order valence-corrected chi connectivity index (χ2v) is 12.1. The van der Waals surface area contributed by atoms with Gasteiger partial charge in [0.15, 0.2) is 0 Å². The van der Waals surface area contributed by atoms with Crippen molar-refractivity contribution in [2.75, 3.05) is 28.4 Å². The summed E-state index contributed by atoms with van der Waals surface area (Å²) in [5.74, 6) is -0.293. The monoisotopic (exact) mass is 564 g/mol. The van der Waals surface area contributed by atoms with Crippen molar-refractivity contribution in [3.05, 3.63) is 120 Å². The number of fused-ring (bicyclic) bond motifs is 1. The topological polar surface area (TPSA) is 90.5 Å². The van der Waals surface area contributed by atoms with Gasteiger partial charge >= 0.3 is 0 Å². The lowest BCUT2D eigenvalue weighted by Crippen LogP contribution is -2.29. The van der Waals surface area contributed by atoms with Crippen LogP contribution < -0.4 is 15.4 Å². The summed E-state index contributed by atoms with van der Waals surface area (Å²) >= 11 is 0. The summed E-state index contributed by atoms with van der Waals surface area (Å²) in [7, 11) is -3.88. The number of piperidine rings is 1. The summed E-state index contributed by atoms with van der Waals surface area (Å²) in [4.78, 5) is 15.9. The number of nitrogens with one attached hydrogen (secondary N) is 3. The smallest absolute Gasteiger partial charge is 0.261 e. The van der Waals surface area contributed by atoms with Gasteiger partial charge < -0.3 is 10.6 Å². The summed E-state index contributed by atoms with van der Waals surface area (Å²) in [5.41, 5.74) is 5.46. The van der Waals surface area contributed by atoms with Crippen molar-refractivity contribution in [1.82, 2.24) is 4.90 Å². The minimum Gasteiger partial charge on any atom is -0.354 e. The molecule has 2 aliphatic heterocycles. The van der Waals surface area contributed by atoms with Crippen LogP contribution in [0, 0.1) is 0 Å². The first kappa shape index (κ1) is 26.8. The van der Waals surface area contributed by atoms with Crippen molar-refractivity contribution in [2.24, 2.45) is 0 Å². The van der Waals surface area contributed by atoms with E-state index in [0.29, 0.717) is 28.2 Å². The van der Waals surface area contributed by atoms with Crippen LogP contribution >= 0.6 is 0 Å². The van der Waals surface area contributed by atoms with Gasteiger partial charge in [0.2, 0.25) is 0 Å². The molecule has 0 aromatic heterocycles. The predicted octanol–water partition coefficient (Wildman–Crippen LogP) is 6.41. The summed E-state index contributed by atoms with van der Waals surface area (Å²) in [6, 6.07) is 31.3. The fraction of sp³-hybridized carbons (Fsp3) is 0.182. The fourth-order valence-corrected chi connectivity index (χ4v) is 6.46. The standard InChI is InChI=1S/C33H32N4O3S/c38-33-31(29-22-28(18-19-30(29)35-33)41(39,40)36-27-12-6-2-7-13-27)32(25-10-4-1-5-11-25)34-26-16-14-24(15-17-26)23-37-20-8-3-9-21-37/h1-2,4-7,10-19,22,34,36H,3,8-9,20-21,23H2,(H,35,38). The molecule has 1 amide bonds. The van der Waals surface area contributed by atoms with E-state index in [9.17, 15) is 13.2 Å². The van der Waals surface area contributed by atoms with Crippen molar-refractivity contribution in [3.8, 4) is 0 Å². The minimum absolute atomic E-state index is 0.0728. The van der Waals surface area contributed by atoms with Gasteiger partial charge in [-0.1, -0.05) is 67.1 Å². The van der Waals surface area contributed by atoms with Crippen LogP contribution in [-0.4, -0.2) is 32.3 Å². The molecule has 3 N–H and O–H groups in total. The molecule has 7 nitrogen and oxygen atoms in total. The van der Waals surface area contributed by atoms with Crippen LogP contribution in [-0.2, 0) is 21.4 Å². The highest BCUT2D eigenvalue weighted by atomic mass is 32.2. The molecule has 8 heteroatoms. The molecule has 0 spiro atoms. The SMILES string of the molecule is O=C1Nc2ccc(S(=O)(=O)Nc3ccccc3)cc2C1=C(Nc1ccc(CN2CCCCC2)cc1)c1ccccc1. The first-order chi connectivity index (χ1) is 20.0. The van der Waals surface area contributed by atoms with Gasteiger partial charge in [-0.05, 0) is 79.5 Å². The van der Waals surface area contributed by atoms with E-state index in [1.54, 1.807) is 36.4 Å². The van der Waals surface area contributed by atoms with E-state index in [1.165, 1.54) is 30.9 Å². The van der Waals surface area contributed by atoms with Crippen LogP contribution in [0.4, 0.5) is 17.1 Å². The summed E-state index contributed by atoms with van der Waals surface area (Å²) in [5, 5.41) is 6.39. The van der Waals surface area contributed by atoms with E-state index >= 15 is 0 Å². The molecular formula is C33H32N4O3S. The van der Waals surface area contributed by atoms with Gasteiger partial charge in [-0.3, -0.25) is 14.4 Å². The molecule has 208 valence electrons. The molecule has 2 aliphatic rings. The molecule has 41 heavy (non-hydrogen) atoms. The zero-order valence-electron chi connectivity index (χ0n) is 22.6. The van der Waals surface area contributed by atoms with Crippen molar-refractivity contribution in [3.63, 3.8) is 0 Å². The Morgan fingerprint density at radius 1 is 0.780 bits per heavy atom.